The van der Waals surface area contributed by atoms with Gasteiger partial charge in [-0.3, -0.25) is 0 Å². The number of hydrogen-bond donors (Lipinski definition) is 1. The Hall–Kier alpha value is -3.88. The molecule has 0 saturated carbocycles. The van der Waals surface area contributed by atoms with Crippen molar-refractivity contribution in [3.63, 3.8) is 0 Å². The van der Waals surface area contributed by atoms with E-state index >= 15 is 0 Å². The van der Waals surface area contributed by atoms with Gasteiger partial charge in [0, 0.05) is 0 Å². The van der Waals surface area contributed by atoms with Crippen LogP contribution in [0.25, 0.3) is 0 Å². The molecule has 0 spiro atoms. The van der Waals surface area contributed by atoms with Gasteiger partial charge in [0.2, 0.25) is 0 Å². The molecular weight excluding hydrogens is 870 g/mol. The number of aromatic carboxylic acids is 1. The Balaban J connectivity index is 0.000000307. The van der Waals surface area contributed by atoms with Crippen LogP contribution in [0.2, 0.25) is 25.7 Å². The molecule has 4 rings (SSSR count). The second-order valence-electron chi connectivity index (χ2n) is 13.1. The molecule has 0 saturated heterocycles. The van der Waals surface area contributed by atoms with Crippen LogP contribution in [0.1, 0.15) is 31.8 Å². The van der Waals surface area contributed by atoms with Gasteiger partial charge in [0.05, 0.1) is 0 Å². The second-order valence-corrected chi connectivity index (χ2v) is 23.1. The Morgan fingerprint density at radius 2 is 1.00 bits per heavy atom. The predicted molar refractivity (Wildman–Crippen MR) is 219 cm³/mol. The molecule has 0 unspecified atom stereocenters. The quantitative estimate of drug-likeness (QED) is 0.0567. The molecule has 0 aromatic heterocycles. The number of methoxy groups -OCH3 is 4. The van der Waals surface area contributed by atoms with E-state index < -0.39 is 14.0 Å². The van der Waals surface area contributed by atoms with E-state index in [1.807, 2.05) is 54.6 Å². The molecule has 0 fully saturated rings. The number of carboxylic acids is 1. The Bertz CT molecular complexity index is 1770. The standard InChI is InChI=1S/C23H32O6SeSi.C18H20O6Se/c1-25-16-28-19-13-18(15-30-20-9-7-6-8-10-20)22(21(14-19)29-17-26-2)23(24)27-11-12-31(3,4)5;1-21-11-23-14-8-13(10-25-15-6-4-3-5-7-15)17(18(19)20)16(9-14)24-12-22-2/h6-10,13-14H,11-12,15-17H2,1-5H3;3-9H,10-12H2,1-2H3,(H,19,20). The summed E-state index contributed by atoms with van der Waals surface area (Å²) in [6.45, 7) is 7.32. The zero-order valence-corrected chi connectivity index (χ0v) is 37.4. The molecule has 0 aliphatic carbocycles. The van der Waals surface area contributed by atoms with Crippen LogP contribution in [0.4, 0.5) is 0 Å². The topological polar surface area (TPSA) is 137 Å². The van der Waals surface area contributed by atoms with E-state index in [1.54, 1.807) is 25.3 Å². The van der Waals surface area contributed by atoms with E-state index in [9.17, 15) is 14.7 Å². The third-order valence-corrected chi connectivity index (χ3v) is 13.6. The molecule has 0 aliphatic rings. The van der Waals surface area contributed by atoms with Gasteiger partial charge in [0.25, 0.3) is 0 Å². The molecule has 304 valence electrons. The Labute approximate surface area is 343 Å². The molecule has 0 atom stereocenters. The summed E-state index contributed by atoms with van der Waals surface area (Å²) in [5.41, 5.74) is 2.08. The van der Waals surface area contributed by atoms with E-state index in [4.69, 9.17) is 42.6 Å². The number of hydrogen-bond acceptors (Lipinski definition) is 11. The van der Waals surface area contributed by atoms with Gasteiger partial charge in [-0.2, -0.15) is 0 Å². The first-order chi connectivity index (χ1) is 27.0. The van der Waals surface area contributed by atoms with E-state index in [-0.39, 0.29) is 74.4 Å². The molecule has 4 aromatic carbocycles. The van der Waals surface area contributed by atoms with Crippen molar-refractivity contribution in [3.05, 3.63) is 107 Å². The summed E-state index contributed by atoms with van der Waals surface area (Å²) in [5, 5.41) is 10.9. The van der Waals surface area contributed by atoms with Crippen LogP contribution < -0.4 is 27.9 Å². The molecule has 1 N–H and O–H groups in total. The first kappa shape index (κ1) is 46.5. The summed E-state index contributed by atoms with van der Waals surface area (Å²) < 4.78 is 50.3. The third-order valence-electron chi connectivity index (χ3n) is 7.44. The molecule has 0 radical (unpaired) electrons. The van der Waals surface area contributed by atoms with E-state index in [0.29, 0.717) is 45.6 Å². The van der Waals surface area contributed by atoms with Gasteiger partial charge < -0.3 is 0 Å². The van der Waals surface area contributed by atoms with Crippen LogP contribution in [-0.2, 0) is 34.3 Å². The van der Waals surface area contributed by atoms with Gasteiger partial charge in [-0.1, -0.05) is 0 Å². The predicted octanol–water partition coefficient (Wildman–Crippen LogP) is 5.56. The maximum absolute atomic E-state index is 13.1. The summed E-state index contributed by atoms with van der Waals surface area (Å²) in [6, 6.07) is 27.9. The van der Waals surface area contributed by atoms with Crippen LogP contribution in [0.15, 0.2) is 84.9 Å². The number of ether oxygens (including phenoxy) is 9. The van der Waals surface area contributed by atoms with Gasteiger partial charge in [0.15, 0.2) is 0 Å². The van der Waals surface area contributed by atoms with E-state index in [1.165, 1.54) is 30.3 Å². The summed E-state index contributed by atoms with van der Waals surface area (Å²) in [7, 11) is 4.78. The normalized spacial score (nSPS) is 10.9. The van der Waals surface area contributed by atoms with Crippen molar-refractivity contribution in [1.29, 1.82) is 0 Å². The average molecular weight is 923 g/mol. The minimum absolute atomic E-state index is 0.0200. The van der Waals surface area contributed by atoms with Crippen molar-refractivity contribution in [3.8, 4) is 23.0 Å². The van der Waals surface area contributed by atoms with Crippen LogP contribution in [0.3, 0.4) is 0 Å². The van der Waals surface area contributed by atoms with Crippen LogP contribution in [0.5, 0.6) is 23.0 Å². The number of carbonyl (C=O) groups excluding carboxylic acids is 1. The minimum atomic E-state index is -1.32. The van der Waals surface area contributed by atoms with Gasteiger partial charge in [-0.05, 0) is 0 Å². The fourth-order valence-corrected chi connectivity index (χ4v) is 9.25. The van der Waals surface area contributed by atoms with Gasteiger partial charge in [0.1, 0.15) is 0 Å². The van der Waals surface area contributed by atoms with Crippen molar-refractivity contribution in [1.82, 2.24) is 0 Å². The van der Waals surface area contributed by atoms with Crippen molar-refractivity contribution < 1.29 is 57.3 Å². The SMILES string of the molecule is COCOc1cc(C[Se]c2ccccc2)c(C(=O)O)c(OCOC)c1.COCOc1cc(C[Se]c2ccccc2)c(C(=O)OCC[Si](C)(C)C)c(OCOC)c1. The molecule has 12 nitrogen and oxygen atoms in total. The number of carbonyl (C=O) groups is 2. The summed E-state index contributed by atoms with van der Waals surface area (Å²) >= 11 is 0.219. The monoisotopic (exact) mass is 924 g/mol. The average Bonchev–Trinajstić information content (AvgIpc) is 3.19. The van der Waals surface area contributed by atoms with Crippen molar-refractivity contribution in [2.24, 2.45) is 0 Å². The van der Waals surface area contributed by atoms with Gasteiger partial charge in [-0.25, -0.2) is 0 Å². The zero-order chi connectivity index (χ0) is 40.8. The van der Waals surface area contributed by atoms with Crippen LogP contribution >= 0.6 is 0 Å². The van der Waals surface area contributed by atoms with Crippen molar-refractivity contribution >= 4 is 58.8 Å². The number of benzene rings is 4. The molecular formula is C41H52O12Se2Si. The molecule has 56 heavy (non-hydrogen) atoms. The Morgan fingerprint density at radius 1 is 0.589 bits per heavy atom. The van der Waals surface area contributed by atoms with E-state index in [0.717, 1.165) is 11.6 Å². The number of carboxylic acid groups (broad SMARTS) is 1. The van der Waals surface area contributed by atoms with Crippen molar-refractivity contribution in [2.45, 2.75) is 36.3 Å². The fraction of sp³-hybridized carbons (Fsp3) is 0.366. The molecule has 0 amide bonds. The van der Waals surface area contributed by atoms with Gasteiger partial charge >= 0.3 is 345 Å². The first-order valence-electron chi connectivity index (χ1n) is 17.6. The van der Waals surface area contributed by atoms with E-state index in [2.05, 4.69) is 31.8 Å². The number of rotatable bonds is 23. The molecule has 4 aromatic rings. The maximum atomic E-state index is 13.1. The second kappa shape index (κ2) is 25.4. The Kier molecular flexibility index (Phi) is 21.1. The first-order valence-corrected chi connectivity index (χ1v) is 25.4. The fourth-order valence-electron chi connectivity index (χ4n) is 4.76. The third kappa shape index (κ3) is 16.7. The number of esters is 1. The van der Waals surface area contributed by atoms with Crippen LogP contribution in [0, 0.1) is 0 Å². The molecule has 0 aliphatic heterocycles. The van der Waals surface area contributed by atoms with Crippen molar-refractivity contribution in [2.75, 3.05) is 62.2 Å². The molecule has 0 heterocycles. The summed E-state index contributed by atoms with van der Waals surface area (Å²) in [5.74, 6) is 0.279. The molecule has 15 heteroatoms. The zero-order valence-electron chi connectivity index (χ0n) is 33.0. The summed E-state index contributed by atoms with van der Waals surface area (Å²) in [4.78, 5) is 24.8. The van der Waals surface area contributed by atoms with Gasteiger partial charge in [-0.15, -0.1) is 0 Å². The molecule has 0 bridgehead atoms. The van der Waals surface area contributed by atoms with Crippen LogP contribution in [-0.4, -0.2) is 117 Å². The summed E-state index contributed by atoms with van der Waals surface area (Å²) in [6.07, 6.45) is 0. The Morgan fingerprint density at radius 3 is 1.41 bits per heavy atom.